The molecule has 4 nitrogen and oxygen atoms in total. The first-order valence-corrected chi connectivity index (χ1v) is 6.03. The predicted octanol–water partition coefficient (Wildman–Crippen LogP) is 1.45. The Morgan fingerprint density at radius 2 is 2.60 bits per heavy atom. The minimum atomic E-state index is 0.534. The molecule has 0 amide bonds. The van der Waals surface area contributed by atoms with Crippen LogP contribution in [0.1, 0.15) is 19.0 Å². The van der Waals surface area contributed by atoms with Crippen LogP contribution < -0.4 is 5.32 Å². The van der Waals surface area contributed by atoms with Gasteiger partial charge in [0.25, 0.3) is 0 Å². The Labute approximate surface area is 93.6 Å². The van der Waals surface area contributed by atoms with Crippen LogP contribution in [0.3, 0.4) is 0 Å². The molecule has 5 heteroatoms. The van der Waals surface area contributed by atoms with Crippen LogP contribution in [0.15, 0.2) is 23.3 Å². The highest BCUT2D eigenvalue weighted by atomic mass is 32.2. The maximum Gasteiger partial charge on any atom is 0.157 e. The van der Waals surface area contributed by atoms with Crippen LogP contribution in [-0.2, 0) is 6.54 Å². The summed E-state index contributed by atoms with van der Waals surface area (Å²) in [5.74, 6) is 1.15. The molecule has 1 aromatic rings. The van der Waals surface area contributed by atoms with Crippen molar-refractivity contribution in [1.29, 1.82) is 0 Å². The topological polar surface area (TPSA) is 50.2 Å². The Kier molecular flexibility index (Phi) is 3.55. The first kappa shape index (κ1) is 10.4. The highest BCUT2D eigenvalue weighted by molar-refractivity contribution is 8.13. The van der Waals surface area contributed by atoms with Gasteiger partial charge in [0.15, 0.2) is 5.17 Å². The van der Waals surface area contributed by atoms with Crippen molar-refractivity contribution in [3.05, 3.63) is 24.0 Å². The van der Waals surface area contributed by atoms with Gasteiger partial charge in [-0.1, -0.05) is 11.8 Å². The molecule has 80 valence electrons. The summed E-state index contributed by atoms with van der Waals surface area (Å²) in [6, 6.07) is 4.35. The molecule has 0 aromatic carbocycles. The van der Waals surface area contributed by atoms with Crippen LogP contribution in [0.4, 0.5) is 0 Å². The first-order chi connectivity index (χ1) is 7.34. The lowest BCUT2D eigenvalue weighted by atomic mass is 10.3. The molecule has 1 aromatic heterocycles. The van der Waals surface area contributed by atoms with Crippen LogP contribution >= 0.6 is 11.8 Å². The summed E-state index contributed by atoms with van der Waals surface area (Å²) in [4.78, 5) is 4.47. The summed E-state index contributed by atoms with van der Waals surface area (Å²) in [6.45, 7) is 2.79. The lowest BCUT2D eigenvalue weighted by Crippen LogP contribution is -2.35. The van der Waals surface area contributed by atoms with Crippen LogP contribution in [0.2, 0.25) is 0 Å². The summed E-state index contributed by atoms with van der Waals surface area (Å²) in [7, 11) is 0. The van der Waals surface area contributed by atoms with Crippen LogP contribution in [0.25, 0.3) is 0 Å². The summed E-state index contributed by atoms with van der Waals surface area (Å²) in [5, 5.41) is 12.2. The zero-order valence-electron chi connectivity index (χ0n) is 8.68. The van der Waals surface area contributed by atoms with Crippen molar-refractivity contribution in [3.63, 3.8) is 0 Å². The van der Waals surface area contributed by atoms with E-state index in [9.17, 15) is 0 Å². The molecule has 2 heterocycles. The Hall–Kier alpha value is -1.10. The van der Waals surface area contributed by atoms with Gasteiger partial charge in [-0.25, -0.2) is 0 Å². The standard InChI is InChI=1S/C10H14N4S/c1-8-4-6-15-10(13-8)11-7-9-3-2-5-12-14-9/h2-3,5,8H,4,6-7H2,1H3,(H,11,13). The molecule has 1 saturated heterocycles. The molecule has 0 spiro atoms. The highest BCUT2D eigenvalue weighted by Crippen LogP contribution is 2.13. The van der Waals surface area contributed by atoms with Gasteiger partial charge in [0.2, 0.25) is 0 Å². The quantitative estimate of drug-likeness (QED) is 0.823. The highest BCUT2D eigenvalue weighted by Gasteiger charge is 2.12. The number of amidine groups is 1. The third-order valence-electron chi connectivity index (χ3n) is 2.17. The smallest absolute Gasteiger partial charge is 0.157 e. The van der Waals surface area contributed by atoms with Crippen molar-refractivity contribution in [2.45, 2.75) is 25.9 Å². The second-order valence-electron chi connectivity index (χ2n) is 3.52. The number of rotatable bonds is 2. The van der Waals surface area contributed by atoms with Gasteiger partial charge in [-0.15, -0.1) is 0 Å². The predicted molar refractivity (Wildman–Crippen MR) is 62.8 cm³/mol. The molecule has 1 aliphatic heterocycles. The third-order valence-corrected chi connectivity index (χ3v) is 3.13. The fourth-order valence-corrected chi connectivity index (χ4v) is 2.42. The summed E-state index contributed by atoms with van der Waals surface area (Å²) in [5.41, 5.74) is 0.908. The largest absolute Gasteiger partial charge is 0.362 e. The molecule has 15 heavy (non-hydrogen) atoms. The second kappa shape index (κ2) is 5.11. The lowest BCUT2D eigenvalue weighted by molar-refractivity contribution is 0.642. The molecule has 1 unspecified atom stereocenters. The lowest BCUT2D eigenvalue weighted by Gasteiger charge is -2.21. The molecule has 1 N–H and O–H groups in total. The van der Waals surface area contributed by atoms with Crippen molar-refractivity contribution in [3.8, 4) is 0 Å². The molecule has 1 atom stereocenters. The Morgan fingerprint density at radius 3 is 3.33 bits per heavy atom. The number of nitrogens with zero attached hydrogens (tertiary/aromatic N) is 3. The summed E-state index contributed by atoms with van der Waals surface area (Å²) in [6.07, 6.45) is 2.88. The van der Waals surface area contributed by atoms with Crippen molar-refractivity contribution in [2.75, 3.05) is 5.75 Å². The molecule has 1 aliphatic rings. The van der Waals surface area contributed by atoms with E-state index >= 15 is 0 Å². The second-order valence-corrected chi connectivity index (χ2v) is 4.60. The SMILES string of the molecule is CC1CCSC(=NCc2cccnn2)N1. The van der Waals surface area contributed by atoms with E-state index in [1.807, 2.05) is 12.1 Å². The maximum absolute atomic E-state index is 4.47. The third kappa shape index (κ3) is 3.20. The van der Waals surface area contributed by atoms with Crippen molar-refractivity contribution in [1.82, 2.24) is 15.5 Å². The van der Waals surface area contributed by atoms with Crippen molar-refractivity contribution in [2.24, 2.45) is 4.99 Å². The van der Waals surface area contributed by atoms with Gasteiger partial charge >= 0.3 is 0 Å². The molecule has 2 rings (SSSR count). The fraction of sp³-hybridized carbons (Fsp3) is 0.500. The number of hydrogen-bond acceptors (Lipinski definition) is 4. The van der Waals surface area contributed by atoms with E-state index in [0.717, 1.165) is 16.6 Å². The number of thioether (sulfide) groups is 1. The van der Waals surface area contributed by atoms with E-state index in [4.69, 9.17) is 0 Å². The average Bonchev–Trinajstić information content (AvgIpc) is 2.28. The number of nitrogens with one attached hydrogen (secondary N) is 1. The van der Waals surface area contributed by atoms with Crippen LogP contribution in [-0.4, -0.2) is 27.2 Å². The molecule has 1 fully saturated rings. The fourth-order valence-electron chi connectivity index (χ4n) is 1.32. The summed E-state index contributed by atoms with van der Waals surface area (Å²) < 4.78 is 0. The molecule has 0 saturated carbocycles. The number of aliphatic imine (C=N–C) groups is 1. The Morgan fingerprint density at radius 1 is 1.67 bits per heavy atom. The van der Waals surface area contributed by atoms with Gasteiger partial charge in [-0.3, -0.25) is 4.99 Å². The van der Waals surface area contributed by atoms with E-state index in [0.29, 0.717) is 12.6 Å². The van der Waals surface area contributed by atoms with Gasteiger partial charge in [-0.2, -0.15) is 10.2 Å². The van der Waals surface area contributed by atoms with Gasteiger partial charge in [-0.05, 0) is 25.5 Å². The van der Waals surface area contributed by atoms with Gasteiger partial charge in [0.05, 0.1) is 12.2 Å². The maximum atomic E-state index is 4.47. The van der Waals surface area contributed by atoms with E-state index in [1.54, 1.807) is 18.0 Å². The number of hydrogen-bond donors (Lipinski definition) is 1. The molecular weight excluding hydrogens is 208 g/mol. The minimum Gasteiger partial charge on any atom is -0.362 e. The Balaban J connectivity index is 1.93. The zero-order valence-corrected chi connectivity index (χ0v) is 9.50. The zero-order chi connectivity index (χ0) is 10.5. The van der Waals surface area contributed by atoms with Crippen molar-refractivity contribution >= 4 is 16.9 Å². The van der Waals surface area contributed by atoms with E-state index in [-0.39, 0.29) is 0 Å². The van der Waals surface area contributed by atoms with Gasteiger partial charge in [0, 0.05) is 18.0 Å². The number of aromatic nitrogens is 2. The van der Waals surface area contributed by atoms with Gasteiger partial charge in [0.1, 0.15) is 0 Å². The molecule has 0 aliphatic carbocycles. The Bertz CT molecular complexity index is 339. The van der Waals surface area contributed by atoms with E-state index < -0.39 is 0 Å². The average molecular weight is 222 g/mol. The minimum absolute atomic E-state index is 0.534. The van der Waals surface area contributed by atoms with Crippen LogP contribution in [0, 0.1) is 0 Å². The van der Waals surface area contributed by atoms with Gasteiger partial charge < -0.3 is 5.32 Å². The monoisotopic (exact) mass is 222 g/mol. The van der Waals surface area contributed by atoms with Crippen LogP contribution in [0.5, 0.6) is 0 Å². The van der Waals surface area contributed by atoms with E-state index in [2.05, 4.69) is 27.4 Å². The first-order valence-electron chi connectivity index (χ1n) is 5.05. The normalized spacial score (nSPS) is 23.8. The van der Waals surface area contributed by atoms with Crippen molar-refractivity contribution < 1.29 is 0 Å². The van der Waals surface area contributed by atoms with E-state index in [1.165, 1.54) is 6.42 Å². The molecular formula is C10H14N4S. The molecule has 0 bridgehead atoms. The summed E-state index contributed by atoms with van der Waals surface area (Å²) >= 11 is 1.78. The molecule has 0 radical (unpaired) electrons.